The lowest BCUT2D eigenvalue weighted by Crippen LogP contribution is -2.46. The van der Waals surface area contributed by atoms with Gasteiger partial charge in [-0.1, -0.05) is 30.3 Å². The number of carbonyl (C=O) groups is 2. The molecular formula is C21H26N4O2. The number of benzene rings is 1. The molecule has 1 unspecified atom stereocenters. The van der Waals surface area contributed by atoms with Gasteiger partial charge in [-0.3, -0.25) is 9.59 Å². The Morgan fingerprint density at radius 2 is 2.07 bits per heavy atom. The number of hydrogen-bond donors (Lipinski definition) is 0. The summed E-state index contributed by atoms with van der Waals surface area (Å²) in [6.07, 6.45) is 6.09. The van der Waals surface area contributed by atoms with Gasteiger partial charge in [0.15, 0.2) is 0 Å². The third kappa shape index (κ3) is 5.36. The second kappa shape index (κ2) is 9.26. The minimum atomic E-state index is -0.133. The molecule has 0 radical (unpaired) electrons. The van der Waals surface area contributed by atoms with Crippen LogP contribution in [0.4, 0.5) is 0 Å². The van der Waals surface area contributed by atoms with Crippen molar-refractivity contribution in [1.29, 1.82) is 0 Å². The third-order valence-electron chi connectivity index (χ3n) is 5.00. The number of piperidine rings is 1. The molecule has 1 aliphatic rings. The Labute approximate surface area is 160 Å². The molecule has 1 aliphatic heterocycles. The van der Waals surface area contributed by atoms with Crippen molar-refractivity contribution in [2.24, 2.45) is 5.92 Å². The predicted octanol–water partition coefficient (Wildman–Crippen LogP) is 2.31. The topological polar surface area (TPSA) is 66.4 Å². The molecule has 6 heteroatoms. The van der Waals surface area contributed by atoms with E-state index in [2.05, 4.69) is 22.1 Å². The van der Waals surface area contributed by atoms with Crippen LogP contribution in [0.3, 0.4) is 0 Å². The fourth-order valence-corrected chi connectivity index (χ4v) is 3.50. The number of amides is 2. The third-order valence-corrected chi connectivity index (χ3v) is 5.00. The highest BCUT2D eigenvalue weighted by atomic mass is 16.2. The van der Waals surface area contributed by atoms with E-state index in [0.29, 0.717) is 32.5 Å². The lowest BCUT2D eigenvalue weighted by molar-refractivity contribution is -0.142. The van der Waals surface area contributed by atoms with Crippen molar-refractivity contribution in [3.05, 3.63) is 60.2 Å². The number of nitrogens with zero attached hydrogens (tertiary/aromatic N) is 4. The number of carbonyl (C=O) groups excluding carboxylic acids is 2. The smallest absolute Gasteiger partial charge is 0.227 e. The zero-order valence-electron chi connectivity index (χ0n) is 15.8. The average Bonchev–Trinajstić information content (AvgIpc) is 2.70. The fourth-order valence-electron chi connectivity index (χ4n) is 3.50. The summed E-state index contributed by atoms with van der Waals surface area (Å²) in [5.74, 6) is 0.103. The Kier molecular flexibility index (Phi) is 6.52. The van der Waals surface area contributed by atoms with Crippen molar-refractivity contribution in [1.82, 2.24) is 19.8 Å². The zero-order chi connectivity index (χ0) is 19.1. The van der Waals surface area contributed by atoms with Gasteiger partial charge < -0.3 is 9.80 Å². The van der Waals surface area contributed by atoms with Crippen LogP contribution in [0.1, 0.15) is 30.5 Å². The van der Waals surface area contributed by atoms with E-state index >= 15 is 0 Å². The average molecular weight is 366 g/mol. The van der Waals surface area contributed by atoms with Crippen LogP contribution in [0.5, 0.6) is 0 Å². The SMILES string of the molecule is CN(Cc1ccncn1)C(=O)C1CCC(=O)N(CCCc2ccccc2)C1. The number of likely N-dealkylation sites (tertiary alicyclic amines) is 1. The second-order valence-corrected chi connectivity index (χ2v) is 7.06. The molecule has 1 fully saturated rings. The monoisotopic (exact) mass is 366 g/mol. The number of rotatable bonds is 7. The second-order valence-electron chi connectivity index (χ2n) is 7.06. The Morgan fingerprint density at radius 3 is 2.81 bits per heavy atom. The van der Waals surface area contributed by atoms with Crippen LogP contribution in [0.15, 0.2) is 48.9 Å². The van der Waals surface area contributed by atoms with Gasteiger partial charge >= 0.3 is 0 Å². The molecule has 2 heterocycles. The molecule has 1 aromatic heterocycles. The summed E-state index contributed by atoms with van der Waals surface area (Å²) >= 11 is 0. The van der Waals surface area contributed by atoms with E-state index in [4.69, 9.17) is 0 Å². The van der Waals surface area contributed by atoms with Crippen LogP contribution in [0.2, 0.25) is 0 Å². The first kappa shape index (κ1) is 19.0. The van der Waals surface area contributed by atoms with Crippen LogP contribution >= 0.6 is 0 Å². The summed E-state index contributed by atoms with van der Waals surface area (Å²) in [5, 5.41) is 0. The maximum absolute atomic E-state index is 12.8. The van der Waals surface area contributed by atoms with Crippen molar-refractivity contribution in [3.8, 4) is 0 Å². The first-order chi connectivity index (χ1) is 13.1. The molecule has 0 N–H and O–H groups in total. The van der Waals surface area contributed by atoms with Gasteiger partial charge in [0.05, 0.1) is 18.2 Å². The minimum Gasteiger partial charge on any atom is -0.342 e. The fraction of sp³-hybridized carbons (Fsp3) is 0.429. The molecule has 0 aliphatic carbocycles. The van der Waals surface area contributed by atoms with Gasteiger partial charge in [-0.05, 0) is 30.9 Å². The normalized spacial score (nSPS) is 17.0. The molecule has 27 heavy (non-hydrogen) atoms. The molecule has 0 bridgehead atoms. The van der Waals surface area contributed by atoms with E-state index in [1.54, 1.807) is 18.1 Å². The van der Waals surface area contributed by atoms with Crippen LogP contribution in [0.25, 0.3) is 0 Å². The molecule has 2 aromatic rings. The van der Waals surface area contributed by atoms with E-state index in [1.165, 1.54) is 11.9 Å². The van der Waals surface area contributed by atoms with Gasteiger partial charge in [0, 0.05) is 32.8 Å². The van der Waals surface area contributed by atoms with Gasteiger partial charge in [-0.25, -0.2) is 9.97 Å². The highest BCUT2D eigenvalue weighted by Crippen LogP contribution is 2.21. The quantitative estimate of drug-likeness (QED) is 0.754. The van der Waals surface area contributed by atoms with E-state index in [9.17, 15) is 9.59 Å². The summed E-state index contributed by atoms with van der Waals surface area (Å²) in [6.45, 7) is 1.67. The molecule has 1 saturated heterocycles. The van der Waals surface area contributed by atoms with Crippen molar-refractivity contribution in [2.45, 2.75) is 32.2 Å². The molecule has 2 amide bonds. The molecule has 6 nitrogen and oxygen atoms in total. The summed E-state index contributed by atoms with van der Waals surface area (Å²) in [5.41, 5.74) is 2.09. The first-order valence-electron chi connectivity index (χ1n) is 9.45. The first-order valence-corrected chi connectivity index (χ1v) is 9.45. The lowest BCUT2D eigenvalue weighted by Gasteiger charge is -2.34. The lowest BCUT2D eigenvalue weighted by atomic mass is 9.95. The van der Waals surface area contributed by atoms with Crippen molar-refractivity contribution in [3.63, 3.8) is 0 Å². The van der Waals surface area contributed by atoms with Crippen LogP contribution < -0.4 is 0 Å². The summed E-state index contributed by atoms with van der Waals surface area (Å²) < 4.78 is 0. The standard InChI is InChI=1S/C21H26N4O2/c1-24(15-19-11-12-22-16-23-19)21(27)18-9-10-20(26)25(14-18)13-5-8-17-6-3-2-4-7-17/h2-4,6-7,11-12,16,18H,5,8-10,13-15H2,1H3. The molecule has 1 atom stereocenters. The Balaban J connectivity index is 1.51. The molecule has 3 rings (SSSR count). The van der Waals surface area contributed by atoms with Crippen LogP contribution in [-0.4, -0.2) is 51.7 Å². The predicted molar refractivity (Wildman–Crippen MR) is 103 cm³/mol. The van der Waals surface area contributed by atoms with Gasteiger partial charge in [0.1, 0.15) is 6.33 Å². The maximum atomic E-state index is 12.8. The molecule has 0 spiro atoms. The number of hydrogen-bond acceptors (Lipinski definition) is 4. The molecule has 0 saturated carbocycles. The van der Waals surface area contributed by atoms with E-state index < -0.39 is 0 Å². The van der Waals surface area contributed by atoms with E-state index in [-0.39, 0.29) is 17.7 Å². The Hall–Kier alpha value is -2.76. The molecule has 1 aromatic carbocycles. The van der Waals surface area contributed by atoms with Crippen LogP contribution in [-0.2, 0) is 22.6 Å². The highest BCUT2D eigenvalue weighted by molar-refractivity contribution is 5.83. The summed E-state index contributed by atoms with van der Waals surface area (Å²) in [6, 6.07) is 12.1. The molecule has 142 valence electrons. The van der Waals surface area contributed by atoms with Gasteiger partial charge in [0.2, 0.25) is 11.8 Å². The van der Waals surface area contributed by atoms with Gasteiger partial charge in [0.25, 0.3) is 0 Å². The number of aromatic nitrogens is 2. The highest BCUT2D eigenvalue weighted by Gasteiger charge is 2.31. The van der Waals surface area contributed by atoms with Gasteiger partial charge in [-0.15, -0.1) is 0 Å². The van der Waals surface area contributed by atoms with Gasteiger partial charge in [-0.2, -0.15) is 0 Å². The summed E-state index contributed by atoms with van der Waals surface area (Å²) in [7, 11) is 1.79. The minimum absolute atomic E-state index is 0.0779. The van der Waals surface area contributed by atoms with E-state index in [0.717, 1.165) is 18.5 Å². The van der Waals surface area contributed by atoms with E-state index in [1.807, 2.05) is 29.2 Å². The van der Waals surface area contributed by atoms with Crippen molar-refractivity contribution < 1.29 is 9.59 Å². The molecular weight excluding hydrogens is 340 g/mol. The van der Waals surface area contributed by atoms with Crippen molar-refractivity contribution >= 4 is 11.8 Å². The Morgan fingerprint density at radius 1 is 1.26 bits per heavy atom. The number of aryl methyl sites for hydroxylation is 1. The maximum Gasteiger partial charge on any atom is 0.227 e. The van der Waals surface area contributed by atoms with Crippen LogP contribution in [0, 0.1) is 5.92 Å². The Bertz CT molecular complexity index is 751. The zero-order valence-corrected chi connectivity index (χ0v) is 15.8. The largest absolute Gasteiger partial charge is 0.342 e. The van der Waals surface area contributed by atoms with Crippen molar-refractivity contribution in [2.75, 3.05) is 20.1 Å². The summed E-state index contributed by atoms with van der Waals surface area (Å²) in [4.78, 5) is 36.7.